The minimum atomic E-state index is -4.15. The van der Waals surface area contributed by atoms with Gasteiger partial charge in [-0.1, -0.05) is 13.8 Å². The molecule has 158 valence electrons. The lowest BCUT2D eigenvalue weighted by Gasteiger charge is -2.34. The molecule has 1 heterocycles. The molecular formula is C19H22F2N2O4S2. The molecule has 10 heteroatoms. The second-order valence-corrected chi connectivity index (χ2v) is 11.1. The molecule has 29 heavy (non-hydrogen) atoms. The van der Waals surface area contributed by atoms with Crippen LogP contribution in [-0.2, 0) is 20.0 Å². The van der Waals surface area contributed by atoms with Crippen LogP contribution in [0.2, 0.25) is 0 Å². The van der Waals surface area contributed by atoms with E-state index >= 15 is 0 Å². The van der Waals surface area contributed by atoms with Crippen LogP contribution < -0.4 is 4.72 Å². The van der Waals surface area contributed by atoms with E-state index in [1.54, 1.807) is 0 Å². The third kappa shape index (κ3) is 4.76. The van der Waals surface area contributed by atoms with Gasteiger partial charge in [-0.15, -0.1) is 0 Å². The average Bonchev–Trinajstić information content (AvgIpc) is 2.63. The maximum Gasteiger partial charge on any atom is 0.261 e. The maximum atomic E-state index is 13.3. The van der Waals surface area contributed by atoms with Crippen LogP contribution >= 0.6 is 0 Å². The number of benzene rings is 2. The van der Waals surface area contributed by atoms with Gasteiger partial charge >= 0.3 is 0 Å². The van der Waals surface area contributed by atoms with Crippen LogP contribution in [0.15, 0.2) is 52.3 Å². The molecule has 1 aliphatic rings. The highest BCUT2D eigenvalue weighted by Gasteiger charge is 2.31. The predicted molar refractivity (Wildman–Crippen MR) is 105 cm³/mol. The Labute approximate surface area is 169 Å². The van der Waals surface area contributed by atoms with Gasteiger partial charge in [-0.25, -0.2) is 25.6 Å². The number of halogens is 2. The van der Waals surface area contributed by atoms with Crippen LogP contribution in [0.3, 0.4) is 0 Å². The molecule has 0 bridgehead atoms. The lowest BCUT2D eigenvalue weighted by atomic mass is 9.94. The van der Waals surface area contributed by atoms with Crippen molar-refractivity contribution in [1.82, 2.24) is 4.31 Å². The van der Waals surface area contributed by atoms with Crippen LogP contribution in [0.25, 0.3) is 0 Å². The Morgan fingerprint density at radius 1 is 0.862 bits per heavy atom. The van der Waals surface area contributed by atoms with E-state index in [0.29, 0.717) is 19.2 Å². The fourth-order valence-electron chi connectivity index (χ4n) is 3.50. The summed E-state index contributed by atoms with van der Waals surface area (Å²) in [5, 5.41) is 0. The summed E-state index contributed by atoms with van der Waals surface area (Å²) in [6.45, 7) is 4.90. The Hall–Kier alpha value is -2.04. The molecule has 0 saturated carbocycles. The number of rotatable bonds is 5. The summed E-state index contributed by atoms with van der Waals surface area (Å²) >= 11 is 0. The molecule has 2 atom stereocenters. The Morgan fingerprint density at radius 2 is 1.41 bits per heavy atom. The fourth-order valence-corrected chi connectivity index (χ4v) is 6.25. The minimum Gasteiger partial charge on any atom is -0.280 e. The smallest absolute Gasteiger partial charge is 0.261 e. The van der Waals surface area contributed by atoms with Gasteiger partial charge in [0.1, 0.15) is 0 Å². The molecule has 3 rings (SSSR count). The van der Waals surface area contributed by atoms with Gasteiger partial charge in [-0.05, 0) is 60.7 Å². The van der Waals surface area contributed by atoms with E-state index in [1.165, 1.54) is 28.6 Å². The van der Waals surface area contributed by atoms with E-state index in [-0.39, 0.29) is 22.4 Å². The first-order valence-electron chi connectivity index (χ1n) is 9.07. The lowest BCUT2D eigenvalue weighted by molar-refractivity contribution is 0.222. The summed E-state index contributed by atoms with van der Waals surface area (Å²) in [6.07, 6.45) is 0.969. The monoisotopic (exact) mass is 444 g/mol. The molecule has 6 nitrogen and oxygen atoms in total. The summed E-state index contributed by atoms with van der Waals surface area (Å²) in [5.41, 5.74) is 0.106. The van der Waals surface area contributed by atoms with Crippen LogP contribution in [0.5, 0.6) is 0 Å². The predicted octanol–water partition coefficient (Wildman–Crippen LogP) is 3.43. The Balaban J connectivity index is 1.80. The number of hydrogen-bond acceptors (Lipinski definition) is 4. The van der Waals surface area contributed by atoms with Crippen LogP contribution in [-0.4, -0.2) is 34.2 Å². The fraction of sp³-hybridized carbons (Fsp3) is 0.368. The zero-order valence-electron chi connectivity index (χ0n) is 16.0. The molecule has 0 aromatic heterocycles. The van der Waals surface area contributed by atoms with Crippen LogP contribution in [0, 0.1) is 23.5 Å². The van der Waals surface area contributed by atoms with Crippen molar-refractivity contribution in [3.63, 3.8) is 0 Å². The molecule has 2 aromatic rings. The number of piperidine rings is 1. The zero-order chi connectivity index (χ0) is 21.4. The van der Waals surface area contributed by atoms with E-state index in [9.17, 15) is 25.6 Å². The lowest BCUT2D eigenvalue weighted by Crippen LogP contribution is -2.42. The summed E-state index contributed by atoms with van der Waals surface area (Å²) < 4.78 is 80.5. The largest absolute Gasteiger partial charge is 0.280 e. The van der Waals surface area contributed by atoms with Gasteiger partial charge in [-0.3, -0.25) is 4.72 Å². The number of sulfonamides is 2. The molecule has 1 N–H and O–H groups in total. The highest BCUT2D eigenvalue weighted by molar-refractivity contribution is 7.92. The number of nitrogens with one attached hydrogen (secondary N) is 1. The Bertz CT molecular complexity index is 1090. The molecule has 1 fully saturated rings. The van der Waals surface area contributed by atoms with Crippen molar-refractivity contribution >= 4 is 25.7 Å². The van der Waals surface area contributed by atoms with Gasteiger partial charge in [0.05, 0.1) is 9.79 Å². The van der Waals surface area contributed by atoms with Crippen LogP contribution in [0.4, 0.5) is 14.5 Å². The van der Waals surface area contributed by atoms with Crippen molar-refractivity contribution in [3.8, 4) is 0 Å². The van der Waals surface area contributed by atoms with Crippen LogP contribution in [0.1, 0.15) is 20.3 Å². The number of anilines is 1. The van der Waals surface area contributed by atoms with E-state index in [1.807, 2.05) is 13.8 Å². The van der Waals surface area contributed by atoms with Gasteiger partial charge in [0.25, 0.3) is 10.0 Å². The summed E-state index contributed by atoms with van der Waals surface area (Å²) in [5.74, 6) is -1.91. The molecule has 0 amide bonds. The summed E-state index contributed by atoms with van der Waals surface area (Å²) in [7, 11) is -7.84. The van der Waals surface area contributed by atoms with Gasteiger partial charge in [0.15, 0.2) is 11.6 Å². The van der Waals surface area contributed by atoms with Gasteiger partial charge < -0.3 is 0 Å². The normalized spacial score (nSPS) is 21.1. The van der Waals surface area contributed by atoms with Crippen molar-refractivity contribution in [3.05, 3.63) is 54.1 Å². The quantitative estimate of drug-likeness (QED) is 0.766. The first kappa shape index (κ1) is 21.7. The van der Waals surface area contributed by atoms with Gasteiger partial charge in [-0.2, -0.15) is 4.31 Å². The molecular weight excluding hydrogens is 422 g/mol. The SMILES string of the molecule is CC1CC(C)CN(S(=O)(=O)c2ccc(NS(=O)(=O)c3ccc(F)c(F)c3)cc2)C1. The average molecular weight is 445 g/mol. The molecule has 2 aromatic carbocycles. The van der Waals surface area contributed by atoms with E-state index < -0.39 is 36.6 Å². The standard InChI is InChI=1S/C19H22F2N2O4S2/c1-13-9-14(2)12-23(11-13)29(26,27)16-5-3-15(4-6-16)22-28(24,25)17-7-8-18(20)19(21)10-17/h3-8,10,13-14,22H,9,11-12H2,1-2H3. The molecule has 2 unspecified atom stereocenters. The Kier molecular flexibility index (Phi) is 5.98. The van der Waals surface area contributed by atoms with Gasteiger partial charge in [0.2, 0.25) is 10.0 Å². The number of nitrogens with zero attached hydrogens (tertiary/aromatic N) is 1. The maximum absolute atomic E-state index is 13.3. The highest BCUT2D eigenvalue weighted by atomic mass is 32.2. The van der Waals surface area contributed by atoms with E-state index in [0.717, 1.165) is 18.6 Å². The van der Waals surface area contributed by atoms with Crippen molar-refractivity contribution in [1.29, 1.82) is 0 Å². The summed E-state index contributed by atoms with van der Waals surface area (Å²) in [6, 6.07) is 7.53. The zero-order valence-corrected chi connectivity index (χ0v) is 17.6. The van der Waals surface area contributed by atoms with Crippen molar-refractivity contribution in [2.75, 3.05) is 17.8 Å². The second kappa shape index (κ2) is 8.00. The van der Waals surface area contributed by atoms with Crippen molar-refractivity contribution in [2.24, 2.45) is 11.8 Å². The molecule has 1 aliphatic heterocycles. The number of hydrogen-bond donors (Lipinski definition) is 1. The minimum absolute atomic E-state index is 0.0644. The second-order valence-electron chi connectivity index (χ2n) is 7.47. The van der Waals surface area contributed by atoms with Crippen molar-refractivity contribution in [2.45, 2.75) is 30.1 Å². The van der Waals surface area contributed by atoms with E-state index in [4.69, 9.17) is 0 Å². The first-order valence-corrected chi connectivity index (χ1v) is 12.0. The summed E-state index contributed by atoms with van der Waals surface area (Å²) in [4.78, 5) is -0.376. The third-order valence-electron chi connectivity index (χ3n) is 4.78. The third-order valence-corrected chi connectivity index (χ3v) is 8.01. The first-order chi connectivity index (χ1) is 13.5. The van der Waals surface area contributed by atoms with E-state index in [2.05, 4.69) is 4.72 Å². The van der Waals surface area contributed by atoms with Crippen molar-refractivity contribution < 1.29 is 25.6 Å². The molecule has 1 saturated heterocycles. The molecule has 0 aliphatic carbocycles. The molecule has 0 radical (unpaired) electrons. The Morgan fingerprint density at radius 3 is 1.97 bits per heavy atom. The highest BCUT2D eigenvalue weighted by Crippen LogP contribution is 2.27. The molecule has 0 spiro atoms. The topological polar surface area (TPSA) is 83.6 Å². The van der Waals surface area contributed by atoms with Gasteiger partial charge in [0, 0.05) is 18.8 Å².